The van der Waals surface area contributed by atoms with Gasteiger partial charge in [-0.25, -0.2) is 4.98 Å². The van der Waals surface area contributed by atoms with Crippen LogP contribution in [-0.4, -0.2) is 36.1 Å². The van der Waals surface area contributed by atoms with Crippen LogP contribution in [0, 0.1) is 0 Å². The van der Waals surface area contributed by atoms with Gasteiger partial charge >= 0.3 is 0 Å². The van der Waals surface area contributed by atoms with Crippen molar-refractivity contribution in [2.75, 3.05) is 31.6 Å². The standard InChI is InChI=1S/C13H19N3O/c1-10(16-5-2-3-6-16)11-8-12-13(15-9-11)14-4-7-17-12/h8-10H,2-7H2,1H3,(H,14,15). The molecule has 0 spiro atoms. The molecule has 1 atom stereocenters. The Balaban J connectivity index is 1.82. The molecule has 0 aromatic carbocycles. The molecule has 1 aromatic rings. The average molecular weight is 233 g/mol. The highest BCUT2D eigenvalue weighted by Gasteiger charge is 2.21. The van der Waals surface area contributed by atoms with Crippen molar-refractivity contribution >= 4 is 5.82 Å². The van der Waals surface area contributed by atoms with E-state index in [0.29, 0.717) is 6.04 Å². The van der Waals surface area contributed by atoms with Crippen LogP contribution in [0.3, 0.4) is 0 Å². The zero-order valence-electron chi connectivity index (χ0n) is 10.3. The van der Waals surface area contributed by atoms with Gasteiger partial charge in [0, 0.05) is 12.2 Å². The molecule has 2 aliphatic rings. The Kier molecular flexibility index (Phi) is 2.89. The lowest BCUT2D eigenvalue weighted by atomic mass is 10.1. The fourth-order valence-electron chi connectivity index (χ4n) is 2.60. The van der Waals surface area contributed by atoms with Gasteiger partial charge in [-0.2, -0.15) is 0 Å². The van der Waals surface area contributed by atoms with E-state index in [1.165, 1.54) is 31.5 Å². The van der Waals surface area contributed by atoms with Gasteiger partial charge in [0.25, 0.3) is 0 Å². The predicted molar refractivity (Wildman–Crippen MR) is 67.4 cm³/mol. The van der Waals surface area contributed by atoms with Crippen LogP contribution >= 0.6 is 0 Å². The summed E-state index contributed by atoms with van der Waals surface area (Å²) >= 11 is 0. The molecular weight excluding hydrogens is 214 g/mol. The molecule has 1 saturated heterocycles. The predicted octanol–water partition coefficient (Wildman–Crippen LogP) is 2.04. The summed E-state index contributed by atoms with van der Waals surface area (Å²) < 4.78 is 5.63. The van der Waals surface area contributed by atoms with Crippen molar-refractivity contribution in [1.29, 1.82) is 0 Å². The minimum absolute atomic E-state index is 0.445. The van der Waals surface area contributed by atoms with Crippen molar-refractivity contribution < 1.29 is 4.74 Å². The van der Waals surface area contributed by atoms with Gasteiger partial charge in [-0.3, -0.25) is 4.90 Å². The number of pyridine rings is 1. The SMILES string of the molecule is CC(c1cnc2c(c1)OCCN2)N1CCCC1. The van der Waals surface area contributed by atoms with E-state index in [9.17, 15) is 0 Å². The third-order valence-electron chi connectivity index (χ3n) is 3.70. The van der Waals surface area contributed by atoms with Gasteiger partial charge in [-0.15, -0.1) is 0 Å². The number of hydrogen-bond acceptors (Lipinski definition) is 4. The van der Waals surface area contributed by atoms with E-state index >= 15 is 0 Å². The van der Waals surface area contributed by atoms with Crippen molar-refractivity contribution in [3.05, 3.63) is 17.8 Å². The van der Waals surface area contributed by atoms with Crippen LogP contribution < -0.4 is 10.1 Å². The summed E-state index contributed by atoms with van der Waals surface area (Å²) in [6.07, 6.45) is 4.62. The van der Waals surface area contributed by atoms with Crippen LogP contribution in [0.4, 0.5) is 5.82 Å². The van der Waals surface area contributed by atoms with Gasteiger partial charge in [0.2, 0.25) is 0 Å². The fourth-order valence-corrected chi connectivity index (χ4v) is 2.60. The Hall–Kier alpha value is -1.29. The summed E-state index contributed by atoms with van der Waals surface area (Å²) in [5.74, 6) is 1.79. The summed E-state index contributed by atoms with van der Waals surface area (Å²) in [4.78, 5) is 6.96. The van der Waals surface area contributed by atoms with Gasteiger partial charge < -0.3 is 10.1 Å². The maximum absolute atomic E-state index is 5.63. The van der Waals surface area contributed by atoms with Crippen LogP contribution in [-0.2, 0) is 0 Å². The minimum atomic E-state index is 0.445. The van der Waals surface area contributed by atoms with Gasteiger partial charge in [-0.1, -0.05) is 0 Å². The number of rotatable bonds is 2. The lowest BCUT2D eigenvalue weighted by Gasteiger charge is -2.25. The number of nitrogens with zero attached hydrogens (tertiary/aromatic N) is 2. The van der Waals surface area contributed by atoms with Gasteiger partial charge in [0.05, 0.1) is 6.54 Å². The molecule has 3 heterocycles. The van der Waals surface area contributed by atoms with E-state index in [0.717, 1.165) is 24.7 Å². The molecule has 0 radical (unpaired) electrons. The first kappa shape index (κ1) is 10.8. The van der Waals surface area contributed by atoms with Gasteiger partial charge in [0.15, 0.2) is 11.6 Å². The summed E-state index contributed by atoms with van der Waals surface area (Å²) in [6, 6.07) is 2.58. The average Bonchev–Trinajstić information content (AvgIpc) is 2.91. The Morgan fingerprint density at radius 2 is 2.24 bits per heavy atom. The van der Waals surface area contributed by atoms with E-state index in [-0.39, 0.29) is 0 Å². The van der Waals surface area contributed by atoms with Crippen molar-refractivity contribution in [1.82, 2.24) is 9.88 Å². The maximum Gasteiger partial charge on any atom is 0.168 e. The second kappa shape index (κ2) is 4.53. The number of fused-ring (bicyclic) bond motifs is 1. The third kappa shape index (κ3) is 2.09. The lowest BCUT2D eigenvalue weighted by Crippen LogP contribution is -2.24. The number of nitrogens with one attached hydrogen (secondary N) is 1. The number of hydrogen-bond donors (Lipinski definition) is 1. The van der Waals surface area contributed by atoms with E-state index in [4.69, 9.17) is 4.74 Å². The second-order valence-electron chi connectivity index (χ2n) is 4.81. The molecular formula is C13H19N3O. The first-order chi connectivity index (χ1) is 8.34. The highest BCUT2D eigenvalue weighted by Crippen LogP contribution is 2.31. The van der Waals surface area contributed by atoms with Crippen LogP contribution in [0.25, 0.3) is 0 Å². The zero-order chi connectivity index (χ0) is 11.7. The molecule has 4 nitrogen and oxygen atoms in total. The molecule has 0 saturated carbocycles. The van der Waals surface area contributed by atoms with Gasteiger partial charge in [-0.05, 0) is 44.5 Å². The number of anilines is 1. The van der Waals surface area contributed by atoms with E-state index in [1.54, 1.807) is 0 Å². The third-order valence-corrected chi connectivity index (χ3v) is 3.70. The molecule has 1 N–H and O–H groups in total. The highest BCUT2D eigenvalue weighted by molar-refractivity contribution is 5.52. The molecule has 3 rings (SSSR count). The lowest BCUT2D eigenvalue weighted by molar-refractivity contribution is 0.261. The smallest absolute Gasteiger partial charge is 0.168 e. The Labute approximate surface area is 102 Å². The first-order valence-electron chi connectivity index (χ1n) is 6.45. The van der Waals surface area contributed by atoms with Crippen LogP contribution in [0.15, 0.2) is 12.3 Å². The molecule has 92 valence electrons. The maximum atomic E-state index is 5.63. The summed E-state index contributed by atoms with van der Waals surface area (Å²) in [7, 11) is 0. The van der Waals surface area contributed by atoms with E-state index in [1.807, 2.05) is 6.20 Å². The monoisotopic (exact) mass is 233 g/mol. The zero-order valence-corrected chi connectivity index (χ0v) is 10.3. The van der Waals surface area contributed by atoms with Crippen molar-refractivity contribution in [3.63, 3.8) is 0 Å². The quantitative estimate of drug-likeness (QED) is 0.848. The van der Waals surface area contributed by atoms with Crippen molar-refractivity contribution in [2.45, 2.75) is 25.8 Å². The van der Waals surface area contributed by atoms with Crippen LogP contribution in [0.1, 0.15) is 31.4 Å². The molecule has 4 heteroatoms. The fraction of sp³-hybridized carbons (Fsp3) is 0.615. The topological polar surface area (TPSA) is 37.4 Å². The molecule has 1 aromatic heterocycles. The highest BCUT2D eigenvalue weighted by atomic mass is 16.5. The summed E-state index contributed by atoms with van der Waals surface area (Å²) in [6.45, 7) is 6.25. The largest absolute Gasteiger partial charge is 0.488 e. The molecule has 0 amide bonds. The van der Waals surface area contributed by atoms with Crippen molar-refractivity contribution in [2.24, 2.45) is 0 Å². The number of likely N-dealkylation sites (tertiary alicyclic amines) is 1. The van der Waals surface area contributed by atoms with E-state index in [2.05, 4.69) is 28.2 Å². The molecule has 1 unspecified atom stereocenters. The Morgan fingerprint density at radius 3 is 3.06 bits per heavy atom. The molecule has 1 fully saturated rings. The number of ether oxygens (including phenoxy) is 1. The van der Waals surface area contributed by atoms with Crippen LogP contribution in [0.2, 0.25) is 0 Å². The van der Waals surface area contributed by atoms with E-state index < -0.39 is 0 Å². The minimum Gasteiger partial charge on any atom is -0.488 e. The summed E-state index contributed by atoms with van der Waals surface area (Å²) in [5, 5.41) is 3.25. The summed E-state index contributed by atoms with van der Waals surface area (Å²) in [5.41, 5.74) is 1.26. The molecule has 0 bridgehead atoms. The number of aromatic nitrogens is 1. The van der Waals surface area contributed by atoms with Crippen LogP contribution in [0.5, 0.6) is 5.75 Å². The second-order valence-corrected chi connectivity index (χ2v) is 4.81. The molecule has 2 aliphatic heterocycles. The normalized spacial score (nSPS) is 21.5. The van der Waals surface area contributed by atoms with Crippen molar-refractivity contribution in [3.8, 4) is 5.75 Å². The first-order valence-corrected chi connectivity index (χ1v) is 6.45. The molecule has 0 aliphatic carbocycles. The van der Waals surface area contributed by atoms with Gasteiger partial charge in [0.1, 0.15) is 6.61 Å². The molecule has 17 heavy (non-hydrogen) atoms. The Bertz CT molecular complexity index is 402. The Morgan fingerprint density at radius 1 is 1.41 bits per heavy atom.